The highest BCUT2D eigenvalue weighted by Crippen LogP contribution is 2.31. The number of ketones is 1. The molecule has 1 atom stereocenters. The van der Waals surface area contributed by atoms with Crippen LogP contribution in [0.2, 0.25) is 18.6 Å². The lowest BCUT2D eigenvalue weighted by molar-refractivity contribution is -0.119. The van der Waals surface area contributed by atoms with Crippen molar-refractivity contribution >= 4 is 19.0 Å². The SMILES string of the molecule is CCCCCCCC(=O)C(CCCCC)[Si](C)(C)c1ccccc1. The number of unbranched alkanes of at least 4 members (excludes halogenated alkanes) is 6. The van der Waals surface area contributed by atoms with E-state index in [9.17, 15) is 4.79 Å². The molecule has 0 radical (unpaired) electrons. The first-order chi connectivity index (χ1) is 11.5. The molecule has 0 bridgehead atoms. The molecule has 1 unspecified atom stereocenters. The highest BCUT2D eigenvalue weighted by molar-refractivity contribution is 6.93. The van der Waals surface area contributed by atoms with Crippen molar-refractivity contribution in [2.75, 3.05) is 0 Å². The molecule has 0 aliphatic rings. The van der Waals surface area contributed by atoms with Crippen molar-refractivity contribution in [2.24, 2.45) is 0 Å². The molecule has 24 heavy (non-hydrogen) atoms. The summed E-state index contributed by atoms with van der Waals surface area (Å²) < 4.78 is 0. The Morgan fingerprint density at radius 3 is 2.08 bits per heavy atom. The molecule has 136 valence electrons. The largest absolute Gasteiger partial charge is 0.300 e. The maximum Gasteiger partial charge on any atom is 0.133 e. The maximum atomic E-state index is 13.0. The van der Waals surface area contributed by atoms with Gasteiger partial charge in [-0.15, -0.1) is 0 Å². The lowest BCUT2D eigenvalue weighted by atomic mass is 10.0. The quantitative estimate of drug-likeness (QED) is 0.295. The minimum atomic E-state index is -1.75. The van der Waals surface area contributed by atoms with E-state index in [0.717, 1.165) is 19.3 Å². The molecular formula is C22H38OSi. The van der Waals surface area contributed by atoms with Crippen molar-refractivity contribution in [2.45, 2.75) is 96.7 Å². The Bertz CT molecular complexity index is 452. The molecule has 0 amide bonds. The lowest BCUT2D eigenvalue weighted by Crippen LogP contribution is -2.48. The Hall–Kier alpha value is -0.893. The van der Waals surface area contributed by atoms with Gasteiger partial charge in [-0.25, -0.2) is 0 Å². The van der Waals surface area contributed by atoms with Crippen LogP contribution in [0.4, 0.5) is 0 Å². The van der Waals surface area contributed by atoms with E-state index in [1.54, 1.807) is 0 Å². The molecule has 1 nitrogen and oxygen atoms in total. The first kappa shape index (κ1) is 21.2. The van der Waals surface area contributed by atoms with E-state index >= 15 is 0 Å². The third kappa shape index (κ3) is 6.92. The van der Waals surface area contributed by atoms with E-state index in [2.05, 4.69) is 57.3 Å². The predicted molar refractivity (Wildman–Crippen MR) is 110 cm³/mol. The van der Waals surface area contributed by atoms with Crippen LogP contribution in [0.25, 0.3) is 0 Å². The summed E-state index contributed by atoms with van der Waals surface area (Å²) >= 11 is 0. The highest BCUT2D eigenvalue weighted by Gasteiger charge is 2.37. The minimum absolute atomic E-state index is 0.289. The van der Waals surface area contributed by atoms with Crippen LogP contribution in [0.1, 0.15) is 78.1 Å². The van der Waals surface area contributed by atoms with Gasteiger partial charge in [0.1, 0.15) is 5.78 Å². The molecule has 0 N–H and O–H groups in total. The molecule has 0 aromatic heterocycles. The van der Waals surface area contributed by atoms with Crippen LogP contribution in [0.3, 0.4) is 0 Å². The van der Waals surface area contributed by atoms with Gasteiger partial charge in [0.2, 0.25) is 0 Å². The van der Waals surface area contributed by atoms with Gasteiger partial charge < -0.3 is 0 Å². The third-order valence-electron chi connectivity index (χ3n) is 5.40. The van der Waals surface area contributed by atoms with Crippen LogP contribution in [0.15, 0.2) is 30.3 Å². The van der Waals surface area contributed by atoms with Crippen molar-refractivity contribution in [3.63, 3.8) is 0 Å². The molecule has 0 aliphatic carbocycles. The zero-order valence-electron chi connectivity index (χ0n) is 16.4. The number of benzene rings is 1. The van der Waals surface area contributed by atoms with Gasteiger partial charge in [-0.2, -0.15) is 0 Å². The first-order valence-corrected chi connectivity index (χ1v) is 13.2. The monoisotopic (exact) mass is 346 g/mol. The summed E-state index contributed by atoms with van der Waals surface area (Å²) in [7, 11) is -1.75. The van der Waals surface area contributed by atoms with Crippen molar-refractivity contribution in [3.05, 3.63) is 30.3 Å². The summed E-state index contributed by atoms with van der Waals surface area (Å²) in [5, 5.41) is 1.44. The van der Waals surface area contributed by atoms with Gasteiger partial charge in [0.25, 0.3) is 0 Å². The van der Waals surface area contributed by atoms with E-state index in [-0.39, 0.29) is 5.54 Å². The molecule has 0 spiro atoms. The number of carbonyl (C=O) groups is 1. The Morgan fingerprint density at radius 2 is 1.46 bits per heavy atom. The van der Waals surface area contributed by atoms with Gasteiger partial charge in [0.05, 0.1) is 8.07 Å². The predicted octanol–water partition coefficient (Wildman–Crippen LogP) is 6.48. The van der Waals surface area contributed by atoms with Gasteiger partial charge in [-0.3, -0.25) is 4.79 Å². The zero-order chi connectivity index (χ0) is 17.8. The second kappa shape index (κ2) is 11.6. The van der Waals surface area contributed by atoms with Crippen LogP contribution in [-0.2, 0) is 4.79 Å². The smallest absolute Gasteiger partial charge is 0.133 e. The summed E-state index contributed by atoms with van der Waals surface area (Å²) in [6.07, 6.45) is 11.7. The summed E-state index contributed by atoms with van der Waals surface area (Å²) in [4.78, 5) is 13.0. The van der Waals surface area contributed by atoms with Crippen molar-refractivity contribution < 1.29 is 4.79 Å². The molecule has 0 aliphatic heterocycles. The fourth-order valence-corrected chi connectivity index (χ4v) is 7.00. The Kier molecular flexibility index (Phi) is 10.2. The van der Waals surface area contributed by atoms with E-state index in [0.29, 0.717) is 5.78 Å². The molecule has 1 rings (SSSR count). The summed E-state index contributed by atoms with van der Waals surface area (Å²) in [5.41, 5.74) is 0.289. The Labute approximate surface area is 151 Å². The molecule has 0 saturated heterocycles. The van der Waals surface area contributed by atoms with Gasteiger partial charge >= 0.3 is 0 Å². The molecule has 2 heteroatoms. The van der Waals surface area contributed by atoms with Crippen LogP contribution in [0, 0.1) is 0 Å². The van der Waals surface area contributed by atoms with Gasteiger partial charge in [-0.1, -0.05) is 107 Å². The molecule has 1 aromatic rings. The van der Waals surface area contributed by atoms with Crippen LogP contribution >= 0.6 is 0 Å². The highest BCUT2D eigenvalue weighted by atomic mass is 28.3. The van der Waals surface area contributed by atoms with E-state index in [4.69, 9.17) is 0 Å². The number of hydrogen-bond donors (Lipinski definition) is 0. The topological polar surface area (TPSA) is 17.1 Å². The Morgan fingerprint density at radius 1 is 0.875 bits per heavy atom. The van der Waals surface area contributed by atoms with Crippen molar-refractivity contribution in [1.29, 1.82) is 0 Å². The number of carbonyl (C=O) groups excluding carboxylic acids is 1. The van der Waals surface area contributed by atoms with Crippen LogP contribution < -0.4 is 5.19 Å². The van der Waals surface area contributed by atoms with Crippen molar-refractivity contribution in [3.8, 4) is 0 Å². The second-order valence-corrected chi connectivity index (χ2v) is 12.5. The van der Waals surface area contributed by atoms with E-state index < -0.39 is 8.07 Å². The third-order valence-corrected chi connectivity index (χ3v) is 9.58. The van der Waals surface area contributed by atoms with Crippen LogP contribution in [-0.4, -0.2) is 13.9 Å². The average molecular weight is 347 g/mol. The van der Waals surface area contributed by atoms with Gasteiger partial charge in [0.15, 0.2) is 0 Å². The van der Waals surface area contributed by atoms with Crippen molar-refractivity contribution in [1.82, 2.24) is 0 Å². The second-order valence-electron chi connectivity index (χ2n) is 7.77. The molecule has 0 fully saturated rings. The van der Waals surface area contributed by atoms with E-state index in [1.807, 2.05) is 0 Å². The molecule has 1 aromatic carbocycles. The minimum Gasteiger partial charge on any atom is -0.300 e. The lowest BCUT2D eigenvalue weighted by Gasteiger charge is -2.32. The average Bonchev–Trinajstić information content (AvgIpc) is 2.59. The maximum absolute atomic E-state index is 13.0. The summed E-state index contributed by atoms with van der Waals surface area (Å²) in [6.45, 7) is 9.27. The van der Waals surface area contributed by atoms with Crippen LogP contribution in [0.5, 0.6) is 0 Å². The first-order valence-electron chi connectivity index (χ1n) is 10.1. The summed E-state index contributed by atoms with van der Waals surface area (Å²) in [5.74, 6) is 0.545. The summed E-state index contributed by atoms with van der Waals surface area (Å²) in [6, 6.07) is 10.8. The van der Waals surface area contributed by atoms with Gasteiger partial charge in [0, 0.05) is 12.0 Å². The Balaban J connectivity index is 2.73. The molecule has 0 heterocycles. The van der Waals surface area contributed by atoms with E-state index in [1.165, 1.54) is 50.1 Å². The zero-order valence-corrected chi connectivity index (χ0v) is 17.4. The molecule has 0 saturated carbocycles. The fraction of sp³-hybridized carbons (Fsp3) is 0.682. The standard InChI is InChI=1S/C22H38OSi/c1-5-7-9-10-15-18-21(23)22(19-12-8-6-2)24(3,4)20-16-13-11-14-17-20/h11,13-14,16-17,22H,5-10,12,15,18-19H2,1-4H3. The molecular weight excluding hydrogens is 308 g/mol. The number of rotatable bonds is 13. The normalized spacial score (nSPS) is 13.0. The number of Topliss-reactive ketones (excluding diaryl/α,β-unsaturated/α-hetero) is 1. The number of hydrogen-bond acceptors (Lipinski definition) is 1. The fourth-order valence-electron chi connectivity index (χ4n) is 3.67. The van der Waals surface area contributed by atoms with Gasteiger partial charge in [-0.05, 0) is 12.8 Å².